The second kappa shape index (κ2) is 4.69. The Bertz CT molecular complexity index is 189. The molecule has 5 heteroatoms. The summed E-state index contributed by atoms with van der Waals surface area (Å²) in [6.45, 7) is 3.05. The van der Waals surface area contributed by atoms with Gasteiger partial charge in [0.2, 0.25) is 10.0 Å². The van der Waals surface area contributed by atoms with Crippen LogP contribution in [0.3, 0.4) is 0 Å². The Hall–Kier alpha value is -0.130. The van der Waals surface area contributed by atoms with E-state index in [4.69, 9.17) is 5.73 Å². The van der Waals surface area contributed by atoms with Crippen LogP contribution in [0.2, 0.25) is 0 Å². The van der Waals surface area contributed by atoms with Crippen molar-refractivity contribution in [2.75, 3.05) is 19.3 Å². The topological polar surface area (TPSA) is 72.2 Å². The van der Waals surface area contributed by atoms with Gasteiger partial charge in [-0.2, -0.15) is 0 Å². The minimum absolute atomic E-state index is 0.315. The van der Waals surface area contributed by atoms with Crippen molar-refractivity contribution < 1.29 is 8.42 Å². The van der Waals surface area contributed by atoms with Crippen LogP contribution in [0.25, 0.3) is 0 Å². The molecule has 11 heavy (non-hydrogen) atoms. The highest BCUT2D eigenvalue weighted by Crippen LogP contribution is 1.97. The molecule has 0 amide bonds. The minimum atomic E-state index is -3.03. The van der Waals surface area contributed by atoms with Crippen molar-refractivity contribution in [3.8, 4) is 0 Å². The number of hydrogen-bond donors (Lipinski definition) is 2. The molecule has 0 rings (SSSR count). The standard InChI is InChI=1S/C6H16N2O2S/c1-6(3-4-7)5-8-11(2,9)10/h6,8H,3-5,7H2,1-2H3. The summed E-state index contributed by atoms with van der Waals surface area (Å²) < 4.78 is 23.6. The van der Waals surface area contributed by atoms with Crippen LogP contribution in [-0.2, 0) is 10.0 Å². The predicted octanol–water partition coefficient (Wildman–Crippen LogP) is -0.479. The first-order chi connectivity index (χ1) is 4.95. The van der Waals surface area contributed by atoms with E-state index in [-0.39, 0.29) is 0 Å². The Morgan fingerprint density at radius 3 is 2.45 bits per heavy atom. The van der Waals surface area contributed by atoms with E-state index in [0.29, 0.717) is 19.0 Å². The van der Waals surface area contributed by atoms with E-state index in [2.05, 4.69) is 4.72 Å². The average molecular weight is 180 g/mol. The number of sulfonamides is 1. The maximum Gasteiger partial charge on any atom is 0.208 e. The van der Waals surface area contributed by atoms with Crippen molar-refractivity contribution in [1.82, 2.24) is 4.72 Å². The predicted molar refractivity (Wildman–Crippen MR) is 45.7 cm³/mol. The summed E-state index contributed by atoms with van der Waals surface area (Å²) in [6, 6.07) is 0. The molecule has 0 aromatic carbocycles. The first-order valence-corrected chi connectivity index (χ1v) is 5.49. The first-order valence-electron chi connectivity index (χ1n) is 3.60. The molecule has 4 nitrogen and oxygen atoms in total. The van der Waals surface area contributed by atoms with Crippen LogP contribution in [0.5, 0.6) is 0 Å². The average Bonchev–Trinajstić information content (AvgIpc) is 1.83. The van der Waals surface area contributed by atoms with Crippen molar-refractivity contribution in [3.63, 3.8) is 0 Å². The smallest absolute Gasteiger partial charge is 0.208 e. The summed E-state index contributed by atoms with van der Waals surface area (Å²) in [4.78, 5) is 0. The van der Waals surface area contributed by atoms with Crippen molar-refractivity contribution in [2.24, 2.45) is 11.7 Å². The van der Waals surface area contributed by atoms with Crippen LogP contribution in [0.1, 0.15) is 13.3 Å². The van der Waals surface area contributed by atoms with Gasteiger partial charge >= 0.3 is 0 Å². The highest BCUT2D eigenvalue weighted by atomic mass is 32.2. The fourth-order valence-corrected chi connectivity index (χ4v) is 1.27. The van der Waals surface area contributed by atoms with Gasteiger partial charge in [-0.05, 0) is 18.9 Å². The van der Waals surface area contributed by atoms with Gasteiger partial charge in [0.05, 0.1) is 6.26 Å². The summed E-state index contributed by atoms with van der Waals surface area (Å²) in [5, 5.41) is 0. The monoisotopic (exact) mass is 180 g/mol. The van der Waals surface area contributed by atoms with E-state index >= 15 is 0 Å². The molecule has 0 bridgehead atoms. The number of hydrogen-bond acceptors (Lipinski definition) is 3. The summed E-state index contributed by atoms with van der Waals surface area (Å²) in [5.74, 6) is 0.315. The molecule has 0 aliphatic carbocycles. The van der Waals surface area contributed by atoms with Crippen molar-refractivity contribution >= 4 is 10.0 Å². The summed E-state index contributed by atoms with van der Waals surface area (Å²) in [5.41, 5.74) is 5.29. The van der Waals surface area contributed by atoms with Gasteiger partial charge in [0.25, 0.3) is 0 Å². The van der Waals surface area contributed by atoms with Gasteiger partial charge in [0.15, 0.2) is 0 Å². The fourth-order valence-electron chi connectivity index (χ4n) is 0.680. The second-order valence-corrected chi connectivity index (χ2v) is 4.64. The van der Waals surface area contributed by atoms with E-state index in [9.17, 15) is 8.42 Å². The van der Waals surface area contributed by atoms with Gasteiger partial charge in [-0.3, -0.25) is 0 Å². The Labute approximate surface area is 68.2 Å². The molecule has 3 N–H and O–H groups in total. The van der Waals surface area contributed by atoms with Gasteiger partial charge < -0.3 is 5.73 Å². The van der Waals surface area contributed by atoms with Gasteiger partial charge in [0, 0.05) is 6.54 Å². The lowest BCUT2D eigenvalue weighted by Gasteiger charge is -2.09. The van der Waals surface area contributed by atoms with E-state index < -0.39 is 10.0 Å². The highest BCUT2D eigenvalue weighted by molar-refractivity contribution is 7.88. The van der Waals surface area contributed by atoms with Gasteiger partial charge in [-0.15, -0.1) is 0 Å². The molecule has 0 spiro atoms. The molecule has 1 unspecified atom stereocenters. The number of nitrogens with one attached hydrogen (secondary N) is 1. The summed E-state index contributed by atoms with van der Waals surface area (Å²) in [7, 11) is -3.03. The third kappa shape index (κ3) is 7.77. The Kier molecular flexibility index (Phi) is 4.63. The zero-order valence-electron chi connectivity index (χ0n) is 7.00. The molecule has 0 aromatic rings. The summed E-state index contributed by atoms with van der Waals surface area (Å²) in [6.07, 6.45) is 2.00. The van der Waals surface area contributed by atoms with Crippen molar-refractivity contribution in [3.05, 3.63) is 0 Å². The Balaban J connectivity index is 3.54. The Morgan fingerprint density at radius 1 is 1.55 bits per heavy atom. The van der Waals surface area contributed by atoms with Crippen LogP contribution in [0, 0.1) is 5.92 Å². The zero-order chi connectivity index (χ0) is 8.91. The maximum atomic E-state index is 10.6. The molecule has 68 valence electrons. The van der Waals surface area contributed by atoms with Gasteiger partial charge in [-0.25, -0.2) is 13.1 Å². The van der Waals surface area contributed by atoms with E-state index in [1.165, 1.54) is 0 Å². The second-order valence-electron chi connectivity index (χ2n) is 2.80. The summed E-state index contributed by atoms with van der Waals surface area (Å²) >= 11 is 0. The van der Waals surface area contributed by atoms with E-state index in [1.807, 2.05) is 6.92 Å². The van der Waals surface area contributed by atoms with Crippen LogP contribution >= 0.6 is 0 Å². The van der Waals surface area contributed by atoms with Crippen LogP contribution in [0.15, 0.2) is 0 Å². The lowest BCUT2D eigenvalue weighted by atomic mass is 10.1. The van der Waals surface area contributed by atoms with E-state index in [1.54, 1.807) is 0 Å². The van der Waals surface area contributed by atoms with Crippen molar-refractivity contribution in [2.45, 2.75) is 13.3 Å². The molecule has 0 fully saturated rings. The zero-order valence-corrected chi connectivity index (χ0v) is 7.82. The largest absolute Gasteiger partial charge is 0.330 e. The van der Waals surface area contributed by atoms with Gasteiger partial charge in [0.1, 0.15) is 0 Å². The van der Waals surface area contributed by atoms with Crippen molar-refractivity contribution in [1.29, 1.82) is 0 Å². The quantitative estimate of drug-likeness (QED) is 0.600. The van der Waals surface area contributed by atoms with E-state index in [0.717, 1.165) is 12.7 Å². The number of rotatable bonds is 5. The third-order valence-electron chi connectivity index (χ3n) is 1.35. The fraction of sp³-hybridized carbons (Fsp3) is 1.00. The Morgan fingerprint density at radius 2 is 2.09 bits per heavy atom. The first kappa shape index (κ1) is 10.9. The van der Waals surface area contributed by atoms with Crippen LogP contribution in [0.4, 0.5) is 0 Å². The maximum absolute atomic E-state index is 10.6. The lowest BCUT2D eigenvalue weighted by Crippen LogP contribution is -2.28. The number of nitrogens with two attached hydrogens (primary N) is 1. The molecular formula is C6H16N2O2S. The van der Waals surface area contributed by atoms with Gasteiger partial charge in [-0.1, -0.05) is 6.92 Å². The molecule has 0 heterocycles. The third-order valence-corrected chi connectivity index (χ3v) is 2.04. The molecule has 0 aliphatic rings. The normalized spacial score (nSPS) is 14.8. The minimum Gasteiger partial charge on any atom is -0.330 e. The van der Waals surface area contributed by atoms with Crippen LogP contribution in [-0.4, -0.2) is 27.8 Å². The molecule has 0 aromatic heterocycles. The molecular weight excluding hydrogens is 164 g/mol. The molecule has 0 aliphatic heterocycles. The highest BCUT2D eigenvalue weighted by Gasteiger charge is 2.04. The molecule has 1 atom stereocenters. The van der Waals surface area contributed by atoms with Crippen LogP contribution < -0.4 is 10.5 Å². The molecule has 0 saturated carbocycles. The molecule has 0 radical (unpaired) electrons. The SMILES string of the molecule is CC(CCN)CNS(C)(=O)=O. The lowest BCUT2D eigenvalue weighted by molar-refractivity contribution is 0.518. The molecule has 0 saturated heterocycles.